The average molecular weight is 345 g/mol. The number of aromatic nitrogens is 4. The third kappa shape index (κ3) is 4.14. The molecular formula is C17H23N5O3. The number of aliphatic hydroxyl groups is 1. The van der Waals surface area contributed by atoms with Crippen molar-refractivity contribution in [1.29, 1.82) is 0 Å². The SMILES string of the molecule is CC(C)Oc1cc(C(=O)N2CCC[C@H]2Cn2cc(CO)nn2)ccn1. The molecule has 0 spiro atoms. The van der Waals surface area contributed by atoms with E-state index in [0.29, 0.717) is 30.2 Å². The number of hydrogen-bond acceptors (Lipinski definition) is 6. The first-order chi connectivity index (χ1) is 12.1. The summed E-state index contributed by atoms with van der Waals surface area (Å²) in [6.07, 6.45) is 5.19. The van der Waals surface area contributed by atoms with Gasteiger partial charge in [0.15, 0.2) is 0 Å². The van der Waals surface area contributed by atoms with E-state index in [0.717, 1.165) is 12.8 Å². The molecule has 25 heavy (non-hydrogen) atoms. The van der Waals surface area contributed by atoms with E-state index in [9.17, 15) is 4.79 Å². The second kappa shape index (κ2) is 7.60. The van der Waals surface area contributed by atoms with Crippen LogP contribution in [0, 0.1) is 0 Å². The number of rotatable bonds is 6. The zero-order chi connectivity index (χ0) is 17.8. The van der Waals surface area contributed by atoms with Gasteiger partial charge in [0.25, 0.3) is 5.91 Å². The molecule has 134 valence electrons. The van der Waals surface area contributed by atoms with Crippen LogP contribution >= 0.6 is 0 Å². The molecule has 1 aliphatic rings. The predicted molar refractivity (Wildman–Crippen MR) is 90.0 cm³/mol. The highest BCUT2D eigenvalue weighted by molar-refractivity contribution is 5.94. The van der Waals surface area contributed by atoms with Crippen molar-refractivity contribution in [2.45, 2.75) is 52.0 Å². The van der Waals surface area contributed by atoms with Gasteiger partial charge in [0, 0.05) is 24.4 Å². The molecule has 0 aliphatic carbocycles. The predicted octanol–water partition coefficient (Wildman–Crippen LogP) is 1.26. The van der Waals surface area contributed by atoms with Crippen molar-refractivity contribution in [3.05, 3.63) is 35.8 Å². The first-order valence-corrected chi connectivity index (χ1v) is 8.50. The average Bonchev–Trinajstić information content (AvgIpc) is 3.23. The van der Waals surface area contributed by atoms with Crippen LogP contribution in [0.1, 0.15) is 42.7 Å². The van der Waals surface area contributed by atoms with Crippen LogP contribution in [0.3, 0.4) is 0 Å². The highest BCUT2D eigenvalue weighted by Crippen LogP contribution is 2.22. The Labute approximate surface area is 146 Å². The van der Waals surface area contributed by atoms with Gasteiger partial charge in [-0.1, -0.05) is 5.21 Å². The van der Waals surface area contributed by atoms with Gasteiger partial charge in [-0.2, -0.15) is 0 Å². The fourth-order valence-electron chi connectivity index (χ4n) is 3.02. The van der Waals surface area contributed by atoms with Gasteiger partial charge in [-0.25, -0.2) is 4.98 Å². The van der Waals surface area contributed by atoms with Gasteiger partial charge < -0.3 is 14.7 Å². The normalized spacial score (nSPS) is 17.3. The highest BCUT2D eigenvalue weighted by Gasteiger charge is 2.30. The molecule has 0 saturated carbocycles. The molecule has 1 saturated heterocycles. The van der Waals surface area contributed by atoms with Gasteiger partial charge in [0.05, 0.1) is 31.5 Å². The zero-order valence-electron chi connectivity index (χ0n) is 14.5. The van der Waals surface area contributed by atoms with Crippen molar-refractivity contribution in [3.8, 4) is 5.88 Å². The molecule has 3 heterocycles. The summed E-state index contributed by atoms with van der Waals surface area (Å²) < 4.78 is 7.26. The van der Waals surface area contributed by atoms with Crippen molar-refractivity contribution in [1.82, 2.24) is 24.9 Å². The van der Waals surface area contributed by atoms with E-state index >= 15 is 0 Å². The number of hydrogen-bond donors (Lipinski definition) is 1. The van der Waals surface area contributed by atoms with Gasteiger partial charge in [-0.05, 0) is 32.8 Å². The molecule has 1 atom stereocenters. The van der Waals surface area contributed by atoms with E-state index in [4.69, 9.17) is 9.84 Å². The minimum absolute atomic E-state index is 0.00502. The van der Waals surface area contributed by atoms with Crippen LogP contribution in [0.2, 0.25) is 0 Å². The van der Waals surface area contributed by atoms with Crippen LogP contribution < -0.4 is 4.74 Å². The van der Waals surface area contributed by atoms with E-state index in [2.05, 4.69) is 15.3 Å². The first kappa shape index (κ1) is 17.3. The Bertz CT molecular complexity index is 731. The Balaban J connectivity index is 1.72. The first-order valence-electron chi connectivity index (χ1n) is 8.50. The number of carbonyl (C=O) groups is 1. The number of aliphatic hydroxyl groups excluding tert-OH is 1. The Morgan fingerprint density at radius 3 is 3.04 bits per heavy atom. The third-order valence-electron chi connectivity index (χ3n) is 4.12. The quantitative estimate of drug-likeness (QED) is 0.847. The van der Waals surface area contributed by atoms with Crippen LogP contribution in [0.25, 0.3) is 0 Å². The lowest BCUT2D eigenvalue weighted by Gasteiger charge is -2.24. The summed E-state index contributed by atoms with van der Waals surface area (Å²) in [5.74, 6) is 0.432. The number of carbonyl (C=O) groups excluding carboxylic acids is 1. The van der Waals surface area contributed by atoms with Crippen molar-refractivity contribution >= 4 is 5.91 Å². The monoisotopic (exact) mass is 345 g/mol. The lowest BCUT2D eigenvalue weighted by Crippen LogP contribution is -2.38. The lowest BCUT2D eigenvalue weighted by molar-refractivity contribution is 0.0720. The molecule has 0 bridgehead atoms. The van der Waals surface area contributed by atoms with Gasteiger partial charge in [0.2, 0.25) is 5.88 Å². The summed E-state index contributed by atoms with van der Waals surface area (Å²) in [5.41, 5.74) is 1.10. The second-order valence-electron chi connectivity index (χ2n) is 6.43. The van der Waals surface area contributed by atoms with Crippen molar-refractivity contribution in [2.24, 2.45) is 0 Å². The maximum absolute atomic E-state index is 12.9. The minimum Gasteiger partial charge on any atom is -0.475 e. The number of pyridine rings is 1. The molecule has 1 amide bonds. The second-order valence-corrected chi connectivity index (χ2v) is 6.43. The van der Waals surface area contributed by atoms with Gasteiger partial charge in [0.1, 0.15) is 5.69 Å². The summed E-state index contributed by atoms with van der Waals surface area (Å²) in [5, 5.41) is 17.0. The van der Waals surface area contributed by atoms with Crippen LogP contribution in [-0.4, -0.2) is 54.6 Å². The molecule has 0 aromatic carbocycles. The molecule has 1 aliphatic heterocycles. The number of likely N-dealkylation sites (tertiary alicyclic amines) is 1. The Morgan fingerprint density at radius 1 is 1.48 bits per heavy atom. The minimum atomic E-state index is -0.136. The summed E-state index contributed by atoms with van der Waals surface area (Å²) in [4.78, 5) is 18.9. The van der Waals surface area contributed by atoms with Crippen molar-refractivity contribution in [2.75, 3.05) is 6.54 Å². The van der Waals surface area contributed by atoms with E-state index < -0.39 is 0 Å². The van der Waals surface area contributed by atoms with Gasteiger partial charge >= 0.3 is 0 Å². The molecule has 0 radical (unpaired) electrons. The summed E-state index contributed by atoms with van der Waals surface area (Å²) in [6, 6.07) is 3.46. The van der Waals surface area contributed by atoms with Gasteiger partial charge in [-0.15, -0.1) is 5.10 Å². The van der Waals surface area contributed by atoms with E-state index in [1.54, 1.807) is 29.2 Å². The zero-order valence-corrected chi connectivity index (χ0v) is 14.5. The van der Waals surface area contributed by atoms with Crippen molar-refractivity contribution < 1.29 is 14.6 Å². The Kier molecular flexibility index (Phi) is 5.28. The molecule has 1 fully saturated rings. The number of ether oxygens (including phenoxy) is 1. The van der Waals surface area contributed by atoms with Crippen LogP contribution in [0.5, 0.6) is 5.88 Å². The maximum atomic E-state index is 12.9. The Morgan fingerprint density at radius 2 is 2.32 bits per heavy atom. The summed E-state index contributed by atoms with van der Waals surface area (Å²) in [7, 11) is 0. The van der Waals surface area contributed by atoms with Crippen LogP contribution in [0.4, 0.5) is 0 Å². The van der Waals surface area contributed by atoms with E-state index in [1.807, 2.05) is 18.7 Å². The topological polar surface area (TPSA) is 93.4 Å². The molecule has 8 nitrogen and oxygen atoms in total. The molecule has 8 heteroatoms. The molecular weight excluding hydrogens is 322 g/mol. The molecule has 3 rings (SSSR count). The van der Waals surface area contributed by atoms with Crippen molar-refractivity contribution in [3.63, 3.8) is 0 Å². The molecule has 2 aromatic rings. The standard InChI is InChI=1S/C17H23N5O3/c1-12(2)25-16-8-13(5-6-18-16)17(24)22-7-3-4-15(22)10-21-9-14(11-23)19-20-21/h5-6,8-9,12,15,23H,3-4,7,10-11H2,1-2H3/t15-/m0/s1. The van der Waals surface area contributed by atoms with Gasteiger partial charge in [-0.3, -0.25) is 9.48 Å². The molecule has 1 N–H and O–H groups in total. The fraction of sp³-hybridized carbons (Fsp3) is 0.529. The maximum Gasteiger partial charge on any atom is 0.254 e. The Hall–Kier alpha value is -2.48. The number of amides is 1. The highest BCUT2D eigenvalue weighted by atomic mass is 16.5. The molecule has 0 unspecified atom stereocenters. The largest absolute Gasteiger partial charge is 0.475 e. The van der Waals surface area contributed by atoms with E-state index in [-0.39, 0.29) is 24.7 Å². The van der Waals surface area contributed by atoms with E-state index in [1.165, 1.54) is 0 Å². The third-order valence-corrected chi connectivity index (χ3v) is 4.12. The summed E-state index contributed by atoms with van der Waals surface area (Å²) >= 11 is 0. The summed E-state index contributed by atoms with van der Waals surface area (Å²) in [6.45, 7) is 4.99. The number of nitrogens with zero attached hydrogens (tertiary/aromatic N) is 5. The fourth-order valence-corrected chi connectivity index (χ4v) is 3.02. The molecule has 2 aromatic heterocycles. The van der Waals surface area contributed by atoms with Crippen LogP contribution in [0.15, 0.2) is 24.5 Å². The lowest BCUT2D eigenvalue weighted by atomic mass is 10.2. The van der Waals surface area contributed by atoms with Crippen LogP contribution in [-0.2, 0) is 13.2 Å². The smallest absolute Gasteiger partial charge is 0.254 e.